The van der Waals surface area contributed by atoms with Crippen LogP contribution in [0.25, 0.3) is 0 Å². The number of carbonyl (C=O) groups excluding carboxylic acids is 2. The maximum Gasteiger partial charge on any atom is 0.410 e. The van der Waals surface area contributed by atoms with Gasteiger partial charge in [-0.3, -0.25) is 9.69 Å². The van der Waals surface area contributed by atoms with Gasteiger partial charge < -0.3 is 15.0 Å². The molecule has 118 valence electrons. The lowest BCUT2D eigenvalue weighted by Crippen LogP contribution is -2.37. The first-order chi connectivity index (χ1) is 10.5. The Bertz CT molecular complexity index is 587. The number of likely N-dealkylation sites (tertiary alicyclic amines) is 1. The molecule has 1 spiro atoms. The summed E-state index contributed by atoms with van der Waals surface area (Å²) < 4.78 is 5.55. The van der Waals surface area contributed by atoms with E-state index in [0.717, 1.165) is 31.7 Å². The van der Waals surface area contributed by atoms with Crippen LogP contribution in [0.4, 0.5) is 10.5 Å². The minimum Gasteiger partial charge on any atom is -0.439 e. The second kappa shape index (κ2) is 5.61. The zero-order chi connectivity index (χ0) is 15.7. The van der Waals surface area contributed by atoms with E-state index in [2.05, 4.69) is 10.2 Å². The fourth-order valence-corrected chi connectivity index (χ4v) is 3.22. The second-order valence-electron chi connectivity index (χ2n) is 6.25. The van der Waals surface area contributed by atoms with Crippen LogP contribution >= 0.6 is 0 Å². The van der Waals surface area contributed by atoms with Crippen LogP contribution in [0.15, 0.2) is 24.3 Å². The number of likely N-dealkylation sites (N-methyl/N-ethyl adjacent to an activating group) is 1. The van der Waals surface area contributed by atoms with Gasteiger partial charge in [0.25, 0.3) is 0 Å². The number of nitrogens with one attached hydrogen (secondary N) is 1. The molecule has 1 N–H and O–H groups in total. The van der Waals surface area contributed by atoms with Crippen LogP contribution in [0.1, 0.15) is 18.9 Å². The minimum atomic E-state index is -0.331. The molecule has 0 radical (unpaired) electrons. The molecular weight excluding hydrogens is 282 g/mol. The monoisotopic (exact) mass is 303 g/mol. The molecule has 1 aromatic rings. The van der Waals surface area contributed by atoms with Crippen LogP contribution in [0.3, 0.4) is 0 Å². The topological polar surface area (TPSA) is 61.9 Å². The number of carbonyl (C=O) groups is 2. The molecule has 0 saturated carbocycles. The quantitative estimate of drug-likeness (QED) is 0.923. The maximum absolute atomic E-state index is 11.6. The van der Waals surface area contributed by atoms with E-state index < -0.39 is 0 Å². The van der Waals surface area contributed by atoms with Crippen molar-refractivity contribution in [3.63, 3.8) is 0 Å². The first-order valence-electron chi connectivity index (χ1n) is 7.49. The molecule has 1 unspecified atom stereocenters. The maximum atomic E-state index is 11.6. The molecule has 3 rings (SSSR count). The Balaban J connectivity index is 1.58. The smallest absolute Gasteiger partial charge is 0.410 e. The predicted molar refractivity (Wildman–Crippen MR) is 82.5 cm³/mol. The summed E-state index contributed by atoms with van der Waals surface area (Å²) in [6.45, 7) is 4.69. The van der Waals surface area contributed by atoms with E-state index in [0.29, 0.717) is 6.54 Å². The normalized spacial score (nSPS) is 24.8. The first-order valence-corrected chi connectivity index (χ1v) is 7.49. The Labute approximate surface area is 130 Å². The number of nitrogens with zero attached hydrogens (tertiary/aromatic N) is 2. The van der Waals surface area contributed by atoms with Gasteiger partial charge in [-0.1, -0.05) is 12.1 Å². The van der Waals surface area contributed by atoms with Crippen molar-refractivity contribution in [3.05, 3.63) is 29.8 Å². The van der Waals surface area contributed by atoms with E-state index in [4.69, 9.17) is 4.74 Å². The summed E-state index contributed by atoms with van der Waals surface area (Å²) in [5.74, 6) is -0.0681. The van der Waals surface area contributed by atoms with Crippen LogP contribution in [-0.4, -0.2) is 54.1 Å². The summed E-state index contributed by atoms with van der Waals surface area (Å²) in [6.07, 6.45) is 0.661. The standard InChI is InChI=1S/C16H21N3O3/c1-12(20)17-14-5-3-13(4-6-14)9-19-8-7-16(11-19)10-18(2)15(21)22-16/h3-6H,7-11H2,1-2H3,(H,17,20). The molecule has 2 fully saturated rings. The molecule has 22 heavy (non-hydrogen) atoms. The lowest BCUT2D eigenvalue weighted by molar-refractivity contribution is -0.114. The molecular formula is C16H21N3O3. The molecule has 2 saturated heterocycles. The van der Waals surface area contributed by atoms with E-state index in [1.807, 2.05) is 24.3 Å². The number of benzene rings is 1. The van der Waals surface area contributed by atoms with Gasteiger partial charge in [0, 0.05) is 45.7 Å². The molecule has 2 aliphatic heterocycles. The third kappa shape index (κ3) is 3.06. The van der Waals surface area contributed by atoms with Gasteiger partial charge in [-0.05, 0) is 17.7 Å². The van der Waals surface area contributed by atoms with E-state index in [1.165, 1.54) is 12.5 Å². The summed E-state index contributed by atoms with van der Waals surface area (Å²) in [5.41, 5.74) is 1.66. The third-order valence-corrected chi connectivity index (χ3v) is 4.22. The van der Waals surface area contributed by atoms with Gasteiger partial charge in [0.1, 0.15) is 5.60 Å². The van der Waals surface area contributed by atoms with Crippen LogP contribution in [-0.2, 0) is 16.1 Å². The van der Waals surface area contributed by atoms with Crippen molar-refractivity contribution in [1.29, 1.82) is 0 Å². The van der Waals surface area contributed by atoms with Gasteiger partial charge >= 0.3 is 6.09 Å². The molecule has 1 aromatic carbocycles. The number of rotatable bonds is 3. The number of hydrogen-bond acceptors (Lipinski definition) is 4. The first kappa shape index (κ1) is 14.8. The van der Waals surface area contributed by atoms with E-state index in [9.17, 15) is 9.59 Å². The van der Waals surface area contributed by atoms with Crippen LogP contribution in [0.5, 0.6) is 0 Å². The largest absolute Gasteiger partial charge is 0.439 e. The Hall–Kier alpha value is -2.08. The predicted octanol–water partition coefficient (Wildman–Crippen LogP) is 1.67. The van der Waals surface area contributed by atoms with Crippen LogP contribution in [0.2, 0.25) is 0 Å². The molecule has 2 amide bonds. The highest BCUT2D eigenvalue weighted by atomic mass is 16.6. The SMILES string of the molecule is CC(=O)Nc1ccc(CN2CCC3(C2)CN(C)C(=O)O3)cc1. The van der Waals surface area contributed by atoms with Crippen molar-refractivity contribution in [2.45, 2.75) is 25.5 Å². The highest BCUT2D eigenvalue weighted by molar-refractivity contribution is 5.88. The van der Waals surface area contributed by atoms with Crippen molar-refractivity contribution in [2.75, 3.05) is 32.0 Å². The fraction of sp³-hybridized carbons (Fsp3) is 0.500. The average molecular weight is 303 g/mol. The van der Waals surface area contributed by atoms with Crippen LogP contribution < -0.4 is 5.32 Å². The molecule has 0 aliphatic carbocycles. The average Bonchev–Trinajstić information content (AvgIpc) is 2.95. The van der Waals surface area contributed by atoms with Gasteiger partial charge in [-0.15, -0.1) is 0 Å². The Kier molecular flexibility index (Phi) is 3.78. The van der Waals surface area contributed by atoms with Gasteiger partial charge in [0.15, 0.2) is 0 Å². The summed E-state index contributed by atoms with van der Waals surface area (Å²) in [7, 11) is 1.78. The molecule has 0 aromatic heterocycles. The van der Waals surface area contributed by atoms with E-state index in [1.54, 1.807) is 11.9 Å². The highest BCUT2D eigenvalue weighted by Gasteiger charge is 2.48. The number of ether oxygens (including phenoxy) is 1. The lowest BCUT2D eigenvalue weighted by atomic mass is 10.0. The molecule has 2 aliphatic rings. The Morgan fingerprint density at radius 3 is 2.64 bits per heavy atom. The van der Waals surface area contributed by atoms with Crippen molar-refractivity contribution < 1.29 is 14.3 Å². The van der Waals surface area contributed by atoms with Gasteiger partial charge in [0.05, 0.1) is 6.54 Å². The molecule has 0 bridgehead atoms. The fourth-order valence-electron chi connectivity index (χ4n) is 3.22. The number of amides is 2. The number of hydrogen-bond donors (Lipinski definition) is 1. The molecule has 1 atom stereocenters. The van der Waals surface area contributed by atoms with Crippen LogP contribution in [0, 0.1) is 0 Å². The van der Waals surface area contributed by atoms with Crippen molar-refractivity contribution >= 4 is 17.7 Å². The second-order valence-corrected chi connectivity index (χ2v) is 6.25. The third-order valence-electron chi connectivity index (χ3n) is 4.22. The zero-order valence-electron chi connectivity index (χ0n) is 13.0. The highest BCUT2D eigenvalue weighted by Crippen LogP contribution is 2.32. The van der Waals surface area contributed by atoms with Crippen molar-refractivity contribution in [1.82, 2.24) is 9.80 Å². The minimum absolute atomic E-state index is 0.0681. The summed E-state index contributed by atoms with van der Waals surface area (Å²) in [6, 6.07) is 7.85. The molecule has 6 heteroatoms. The summed E-state index contributed by atoms with van der Waals surface area (Å²) >= 11 is 0. The molecule has 6 nitrogen and oxygen atoms in total. The Morgan fingerprint density at radius 2 is 2.05 bits per heavy atom. The summed E-state index contributed by atoms with van der Waals surface area (Å²) in [4.78, 5) is 26.5. The van der Waals surface area contributed by atoms with E-state index in [-0.39, 0.29) is 17.6 Å². The van der Waals surface area contributed by atoms with Gasteiger partial charge in [-0.25, -0.2) is 4.79 Å². The molecule has 2 heterocycles. The zero-order valence-corrected chi connectivity index (χ0v) is 13.0. The van der Waals surface area contributed by atoms with Gasteiger partial charge in [-0.2, -0.15) is 0 Å². The van der Waals surface area contributed by atoms with Crippen molar-refractivity contribution in [2.24, 2.45) is 0 Å². The van der Waals surface area contributed by atoms with Crippen molar-refractivity contribution in [3.8, 4) is 0 Å². The van der Waals surface area contributed by atoms with E-state index >= 15 is 0 Å². The Morgan fingerprint density at radius 1 is 1.32 bits per heavy atom. The lowest BCUT2D eigenvalue weighted by Gasteiger charge is -2.21. The van der Waals surface area contributed by atoms with Gasteiger partial charge in [0.2, 0.25) is 5.91 Å². The number of anilines is 1. The summed E-state index contributed by atoms with van der Waals surface area (Å²) in [5, 5.41) is 2.76.